The molecule has 1 N–H and O–H groups in total. The maximum atomic E-state index is 12.1. The van der Waals surface area contributed by atoms with Crippen LogP contribution >= 0.6 is 11.8 Å². The lowest BCUT2D eigenvalue weighted by molar-refractivity contribution is -0.118. The van der Waals surface area contributed by atoms with Gasteiger partial charge in [-0.25, -0.2) is 10.4 Å². The second kappa shape index (κ2) is 8.59. The van der Waals surface area contributed by atoms with Gasteiger partial charge < -0.3 is 14.0 Å². The Morgan fingerprint density at radius 2 is 2.07 bits per heavy atom. The van der Waals surface area contributed by atoms with Gasteiger partial charge in [0.2, 0.25) is 0 Å². The van der Waals surface area contributed by atoms with Crippen LogP contribution in [-0.2, 0) is 11.8 Å². The Morgan fingerprint density at radius 1 is 1.26 bits per heavy atom. The zero-order valence-corrected chi connectivity index (χ0v) is 16.1. The van der Waals surface area contributed by atoms with Crippen molar-refractivity contribution in [3.05, 3.63) is 48.0 Å². The van der Waals surface area contributed by atoms with Crippen molar-refractivity contribution in [1.29, 1.82) is 0 Å². The molecule has 1 heterocycles. The van der Waals surface area contributed by atoms with E-state index in [9.17, 15) is 4.79 Å². The highest BCUT2D eigenvalue weighted by molar-refractivity contribution is 7.99. The van der Waals surface area contributed by atoms with Crippen molar-refractivity contribution < 1.29 is 14.3 Å². The number of hydrazone groups is 1. The number of aryl methyl sites for hydroxylation is 1. The molecule has 0 radical (unpaired) electrons. The number of carbonyl (C=O) groups excluding carboxylic acids is 1. The standard InChI is InChI=1S/C19H20N4O3S/c1-23-16-7-5-4-6-15(16)21-19(23)27-12-18(24)22-20-11-13-8-9-14(25-2)10-17(13)26-3/h4-11H,12H2,1-3H3,(H,22,24)/b20-11-. The minimum absolute atomic E-state index is 0.212. The molecule has 1 aromatic heterocycles. The predicted octanol–water partition coefficient (Wildman–Crippen LogP) is 2.83. The molecule has 140 valence electrons. The van der Waals surface area contributed by atoms with Gasteiger partial charge in [0.15, 0.2) is 5.16 Å². The topological polar surface area (TPSA) is 77.7 Å². The molecule has 3 aromatic rings. The molecule has 0 bridgehead atoms. The Hall–Kier alpha value is -3.00. The average molecular weight is 384 g/mol. The molecule has 0 atom stereocenters. The number of para-hydroxylation sites is 2. The van der Waals surface area contributed by atoms with Gasteiger partial charge in [-0.3, -0.25) is 4.79 Å². The van der Waals surface area contributed by atoms with Gasteiger partial charge in [-0.1, -0.05) is 23.9 Å². The zero-order valence-electron chi connectivity index (χ0n) is 15.3. The van der Waals surface area contributed by atoms with Crippen molar-refractivity contribution in [2.45, 2.75) is 5.16 Å². The molecule has 1 amide bonds. The van der Waals surface area contributed by atoms with Gasteiger partial charge in [0, 0.05) is 18.7 Å². The van der Waals surface area contributed by atoms with Crippen LogP contribution in [0.15, 0.2) is 52.7 Å². The molecule has 2 aromatic carbocycles. The number of nitrogens with zero attached hydrogens (tertiary/aromatic N) is 3. The second-order valence-electron chi connectivity index (χ2n) is 5.63. The third-order valence-electron chi connectivity index (χ3n) is 3.91. The van der Waals surface area contributed by atoms with Gasteiger partial charge in [-0.05, 0) is 24.3 Å². The minimum atomic E-state index is -0.212. The van der Waals surface area contributed by atoms with Gasteiger partial charge in [0.1, 0.15) is 11.5 Å². The van der Waals surface area contributed by atoms with Crippen molar-refractivity contribution >= 4 is 34.9 Å². The van der Waals surface area contributed by atoms with E-state index in [4.69, 9.17) is 9.47 Å². The van der Waals surface area contributed by atoms with E-state index in [-0.39, 0.29) is 11.7 Å². The summed E-state index contributed by atoms with van der Waals surface area (Å²) >= 11 is 1.36. The Morgan fingerprint density at radius 3 is 2.81 bits per heavy atom. The summed E-state index contributed by atoms with van der Waals surface area (Å²) in [6.07, 6.45) is 1.54. The number of fused-ring (bicyclic) bond motifs is 1. The molecule has 8 heteroatoms. The van der Waals surface area contributed by atoms with E-state index >= 15 is 0 Å². The summed E-state index contributed by atoms with van der Waals surface area (Å²) in [5.74, 6) is 1.30. The van der Waals surface area contributed by atoms with Crippen molar-refractivity contribution in [3.63, 3.8) is 0 Å². The van der Waals surface area contributed by atoms with E-state index in [1.165, 1.54) is 18.0 Å². The van der Waals surface area contributed by atoms with E-state index < -0.39 is 0 Å². The molecule has 3 rings (SSSR count). The van der Waals surface area contributed by atoms with Gasteiger partial charge in [0.05, 0.1) is 37.2 Å². The first-order valence-corrected chi connectivity index (χ1v) is 9.19. The van der Waals surface area contributed by atoms with Crippen LogP contribution in [-0.4, -0.2) is 41.6 Å². The van der Waals surface area contributed by atoms with E-state index in [1.54, 1.807) is 26.4 Å². The molecule has 0 fully saturated rings. The highest BCUT2D eigenvalue weighted by Gasteiger charge is 2.10. The number of nitrogens with one attached hydrogen (secondary N) is 1. The van der Waals surface area contributed by atoms with Crippen molar-refractivity contribution in [2.75, 3.05) is 20.0 Å². The van der Waals surface area contributed by atoms with Crippen LogP contribution in [0.1, 0.15) is 5.56 Å². The van der Waals surface area contributed by atoms with Crippen LogP contribution in [0.2, 0.25) is 0 Å². The maximum Gasteiger partial charge on any atom is 0.250 e. The second-order valence-corrected chi connectivity index (χ2v) is 6.57. The van der Waals surface area contributed by atoms with Crippen molar-refractivity contribution in [2.24, 2.45) is 12.1 Å². The van der Waals surface area contributed by atoms with E-state index in [2.05, 4.69) is 15.5 Å². The van der Waals surface area contributed by atoms with Crippen LogP contribution in [0, 0.1) is 0 Å². The Balaban J connectivity index is 1.58. The first-order chi connectivity index (χ1) is 13.1. The van der Waals surface area contributed by atoms with Gasteiger partial charge in [-0.2, -0.15) is 5.10 Å². The highest BCUT2D eigenvalue weighted by atomic mass is 32.2. The fourth-order valence-electron chi connectivity index (χ4n) is 2.51. The van der Waals surface area contributed by atoms with E-state index in [1.807, 2.05) is 41.9 Å². The summed E-state index contributed by atoms with van der Waals surface area (Å²) in [5.41, 5.74) is 5.20. The lowest BCUT2D eigenvalue weighted by Crippen LogP contribution is -2.20. The predicted molar refractivity (Wildman–Crippen MR) is 107 cm³/mol. The van der Waals surface area contributed by atoms with E-state index in [0.717, 1.165) is 21.8 Å². The number of imidazole rings is 1. The number of ether oxygens (including phenoxy) is 2. The third-order valence-corrected chi connectivity index (χ3v) is 4.94. The number of amides is 1. The molecule has 0 aliphatic carbocycles. The Bertz CT molecular complexity index is 984. The molecule has 0 unspecified atom stereocenters. The summed E-state index contributed by atoms with van der Waals surface area (Å²) in [5, 5.41) is 4.78. The van der Waals surface area contributed by atoms with Gasteiger partial charge in [-0.15, -0.1) is 0 Å². The highest BCUT2D eigenvalue weighted by Crippen LogP contribution is 2.23. The molecule has 0 aliphatic heterocycles. The number of methoxy groups -OCH3 is 2. The van der Waals surface area contributed by atoms with E-state index in [0.29, 0.717) is 11.5 Å². The smallest absolute Gasteiger partial charge is 0.250 e. The molecule has 0 aliphatic rings. The number of hydrogen-bond acceptors (Lipinski definition) is 6. The van der Waals surface area contributed by atoms with Crippen molar-refractivity contribution in [1.82, 2.24) is 15.0 Å². The molecular weight excluding hydrogens is 364 g/mol. The monoisotopic (exact) mass is 384 g/mol. The summed E-state index contributed by atoms with van der Waals surface area (Å²) in [4.78, 5) is 16.6. The molecule has 27 heavy (non-hydrogen) atoms. The number of benzene rings is 2. The Labute approximate surface area is 161 Å². The first-order valence-electron chi connectivity index (χ1n) is 8.20. The zero-order chi connectivity index (χ0) is 19.2. The Kier molecular flexibility index (Phi) is 5.97. The van der Waals surface area contributed by atoms with Gasteiger partial charge in [0.25, 0.3) is 5.91 Å². The van der Waals surface area contributed by atoms with Crippen LogP contribution in [0.3, 0.4) is 0 Å². The summed E-state index contributed by atoms with van der Waals surface area (Å²) in [7, 11) is 5.09. The summed E-state index contributed by atoms with van der Waals surface area (Å²) in [6, 6.07) is 13.2. The number of hydrogen-bond donors (Lipinski definition) is 1. The number of thioether (sulfide) groups is 1. The average Bonchev–Trinajstić information content (AvgIpc) is 3.02. The van der Waals surface area contributed by atoms with Gasteiger partial charge >= 0.3 is 0 Å². The fourth-order valence-corrected chi connectivity index (χ4v) is 3.29. The maximum absolute atomic E-state index is 12.1. The fraction of sp³-hybridized carbons (Fsp3) is 0.211. The third kappa shape index (κ3) is 4.40. The summed E-state index contributed by atoms with van der Waals surface area (Å²) in [6.45, 7) is 0. The van der Waals surface area contributed by atoms with Crippen molar-refractivity contribution in [3.8, 4) is 11.5 Å². The quantitative estimate of drug-likeness (QED) is 0.385. The number of rotatable bonds is 7. The largest absolute Gasteiger partial charge is 0.497 e. The van der Waals surface area contributed by atoms with Crippen LogP contribution in [0.5, 0.6) is 11.5 Å². The normalized spacial score (nSPS) is 11.1. The number of carbonyl (C=O) groups is 1. The molecule has 0 spiro atoms. The molecule has 7 nitrogen and oxygen atoms in total. The lowest BCUT2D eigenvalue weighted by Gasteiger charge is -2.07. The minimum Gasteiger partial charge on any atom is -0.497 e. The molecule has 0 saturated heterocycles. The first kappa shape index (κ1) is 18.8. The molecular formula is C19H20N4O3S. The van der Waals surface area contributed by atoms with Crippen LogP contribution in [0.25, 0.3) is 11.0 Å². The van der Waals surface area contributed by atoms with Crippen LogP contribution < -0.4 is 14.9 Å². The SMILES string of the molecule is COc1ccc(/C=N\NC(=O)CSc2nc3ccccc3n2C)c(OC)c1. The lowest BCUT2D eigenvalue weighted by atomic mass is 10.2. The summed E-state index contributed by atoms with van der Waals surface area (Å²) < 4.78 is 12.4. The number of aromatic nitrogens is 2. The molecule has 0 saturated carbocycles. The van der Waals surface area contributed by atoms with Crippen LogP contribution in [0.4, 0.5) is 0 Å².